The first-order valence-electron chi connectivity index (χ1n) is 27.6. The molecule has 0 amide bonds. The Kier molecular flexibility index (Phi) is 52.9. The van der Waals surface area contributed by atoms with Gasteiger partial charge in [-0.1, -0.05) is 247 Å². The zero-order valence-corrected chi connectivity index (χ0v) is 42.7. The molecule has 0 rings (SSSR count). The van der Waals surface area contributed by atoms with Crippen molar-refractivity contribution in [3.63, 3.8) is 0 Å². The normalized spacial score (nSPS) is 12.8. The van der Waals surface area contributed by atoms with E-state index in [-0.39, 0.29) is 25.2 Å². The van der Waals surface area contributed by atoms with Crippen molar-refractivity contribution in [2.24, 2.45) is 0 Å². The summed E-state index contributed by atoms with van der Waals surface area (Å²) in [6, 6.07) is 0. The zero-order chi connectivity index (χ0) is 47.0. The van der Waals surface area contributed by atoms with Gasteiger partial charge in [-0.15, -0.1) is 0 Å². The molecule has 0 radical (unpaired) electrons. The lowest BCUT2D eigenvalue weighted by Gasteiger charge is -2.15. The summed E-state index contributed by atoms with van der Waals surface area (Å²) in [6.45, 7) is 4.00. The van der Waals surface area contributed by atoms with Crippen molar-refractivity contribution in [3.8, 4) is 0 Å². The van der Waals surface area contributed by atoms with Crippen LogP contribution in [0.5, 0.6) is 0 Å². The maximum atomic E-state index is 12.3. The number of aliphatic hydroxyl groups excluding tert-OH is 1. The number of rotatable bonds is 50. The van der Waals surface area contributed by atoms with Gasteiger partial charge >= 0.3 is 11.9 Å². The van der Waals surface area contributed by atoms with E-state index >= 15 is 0 Å². The molecule has 65 heavy (non-hydrogen) atoms. The molecule has 1 atom stereocenters. The Hall–Kier alpha value is -2.92. The molecule has 0 aromatic heterocycles. The highest BCUT2D eigenvalue weighted by Crippen LogP contribution is 2.16. The minimum Gasteiger partial charge on any atom is -0.462 e. The van der Waals surface area contributed by atoms with E-state index in [0.29, 0.717) is 12.8 Å². The topological polar surface area (TPSA) is 72.8 Å². The van der Waals surface area contributed by atoms with Crippen molar-refractivity contribution < 1.29 is 24.2 Å². The predicted octanol–water partition coefficient (Wildman–Crippen LogP) is 18.6. The molecule has 5 heteroatoms. The van der Waals surface area contributed by atoms with Crippen molar-refractivity contribution >= 4 is 11.9 Å². The summed E-state index contributed by atoms with van der Waals surface area (Å²) < 4.78 is 10.6. The fourth-order valence-electron chi connectivity index (χ4n) is 7.79. The number of unbranched alkanes of at least 4 members (excludes halogenated alkanes) is 28. The lowest BCUT2D eigenvalue weighted by Crippen LogP contribution is -2.28. The van der Waals surface area contributed by atoms with Gasteiger partial charge in [0.05, 0.1) is 6.61 Å². The SMILES string of the molecule is CC/C=C\C/C=C\C/C=C\C/C=C\C/C=C\C/C=C\CCCCCCCCCCCCCCCCCCCCCCC(=O)OC(CO)COC(=O)CCCCCCC/C=C\CCCCC. The van der Waals surface area contributed by atoms with Gasteiger partial charge in [0.15, 0.2) is 6.10 Å². The van der Waals surface area contributed by atoms with Gasteiger partial charge in [0, 0.05) is 12.8 Å². The van der Waals surface area contributed by atoms with E-state index in [1.54, 1.807) is 0 Å². The molecule has 0 aromatic carbocycles. The van der Waals surface area contributed by atoms with E-state index in [1.165, 1.54) is 154 Å². The summed E-state index contributed by atoms with van der Waals surface area (Å²) in [5.74, 6) is -0.595. The van der Waals surface area contributed by atoms with Gasteiger partial charge in [-0.3, -0.25) is 9.59 Å². The number of carbonyl (C=O) groups excluding carboxylic acids is 2. The monoisotopic (exact) mass is 905 g/mol. The summed E-state index contributed by atoms with van der Waals surface area (Å²) in [7, 11) is 0. The van der Waals surface area contributed by atoms with Crippen LogP contribution < -0.4 is 0 Å². The zero-order valence-electron chi connectivity index (χ0n) is 42.7. The van der Waals surface area contributed by atoms with Gasteiger partial charge in [0.2, 0.25) is 0 Å². The fraction of sp³-hybridized carbons (Fsp3) is 0.733. The van der Waals surface area contributed by atoms with Crippen LogP contribution in [-0.4, -0.2) is 36.4 Å². The fourth-order valence-corrected chi connectivity index (χ4v) is 7.79. The van der Waals surface area contributed by atoms with Crippen molar-refractivity contribution in [1.29, 1.82) is 0 Å². The second kappa shape index (κ2) is 55.4. The van der Waals surface area contributed by atoms with E-state index in [0.717, 1.165) is 83.5 Å². The lowest BCUT2D eigenvalue weighted by atomic mass is 10.0. The molecule has 5 nitrogen and oxygen atoms in total. The van der Waals surface area contributed by atoms with Crippen LogP contribution in [0.25, 0.3) is 0 Å². The standard InChI is InChI=1S/C60H104O5/c1-3-5-7-9-11-13-15-17-18-19-20-21-22-23-24-25-26-27-28-29-30-31-32-33-34-35-36-37-38-39-40-41-42-43-45-47-49-51-53-55-60(63)65-58(56-61)57-64-59(62)54-52-50-48-46-44-16-14-12-10-8-6-4-2/h5,7,11-14,17-18,20-21,23-24,26-27,58,61H,3-4,6,8-10,15-16,19,22,25,28-57H2,1-2H3/b7-5-,13-11-,14-12-,18-17-,21-20-,24-23-,27-26-. The summed E-state index contributed by atoms with van der Waals surface area (Å²) in [5, 5.41) is 9.61. The summed E-state index contributed by atoms with van der Waals surface area (Å²) >= 11 is 0. The van der Waals surface area contributed by atoms with Crippen LogP contribution in [0.4, 0.5) is 0 Å². The van der Waals surface area contributed by atoms with Gasteiger partial charge < -0.3 is 14.6 Å². The molecular weight excluding hydrogens is 801 g/mol. The van der Waals surface area contributed by atoms with Gasteiger partial charge in [-0.25, -0.2) is 0 Å². The Morgan fingerprint density at radius 3 is 1.02 bits per heavy atom. The van der Waals surface area contributed by atoms with Gasteiger partial charge in [-0.2, -0.15) is 0 Å². The molecule has 0 spiro atoms. The second-order valence-corrected chi connectivity index (χ2v) is 18.3. The average molecular weight is 905 g/mol. The second-order valence-electron chi connectivity index (χ2n) is 18.3. The number of hydrogen-bond donors (Lipinski definition) is 1. The molecule has 0 aliphatic carbocycles. The summed E-state index contributed by atoms with van der Waals surface area (Å²) in [5.41, 5.74) is 0. The third-order valence-electron chi connectivity index (χ3n) is 11.9. The van der Waals surface area contributed by atoms with Crippen molar-refractivity contribution in [2.75, 3.05) is 13.2 Å². The highest BCUT2D eigenvalue weighted by molar-refractivity contribution is 5.70. The minimum atomic E-state index is -0.775. The van der Waals surface area contributed by atoms with Crippen LogP contribution in [0.1, 0.15) is 264 Å². The number of aliphatic hydroxyl groups is 1. The predicted molar refractivity (Wildman–Crippen MR) is 283 cm³/mol. The molecule has 374 valence electrons. The van der Waals surface area contributed by atoms with E-state index < -0.39 is 6.10 Å². The molecule has 0 saturated carbocycles. The summed E-state index contributed by atoms with van der Waals surface area (Å²) in [4.78, 5) is 24.4. The third-order valence-corrected chi connectivity index (χ3v) is 11.9. The van der Waals surface area contributed by atoms with Gasteiger partial charge in [-0.05, 0) is 89.9 Å². The molecule has 0 heterocycles. The number of hydrogen-bond acceptors (Lipinski definition) is 5. The molecule has 1 unspecified atom stereocenters. The van der Waals surface area contributed by atoms with Crippen molar-refractivity contribution in [3.05, 3.63) is 85.1 Å². The summed E-state index contributed by atoms with van der Waals surface area (Å²) in [6.07, 6.45) is 77.1. The van der Waals surface area contributed by atoms with Crippen molar-refractivity contribution in [1.82, 2.24) is 0 Å². The smallest absolute Gasteiger partial charge is 0.306 e. The van der Waals surface area contributed by atoms with Crippen LogP contribution in [0.3, 0.4) is 0 Å². The highest BCUT2D eigenvalue weighted by atomic mass is 16.6. The van der Waals surface area contributed by atoms with Crippen LogP contribution >= 0.6 is 0 Å². The molecule has 0 fully saturated rings. The highest BCUT2D eigenvalue weighted by Gasteiger charge is 2.16. The molecule has 0 saturated heterocycles. The Morgan fingerprint density at radius 1 is 0.369 bits per heavy atom. The first-order valence-corrected chi connectivity index (χ1v) is 27.6. The van der Waals surface area contributed by atoms with Crippen molar-refractivity contribution in [2.45, 2.75) is 270 Å². The molecule has 0 aromatic rings. The van der Waals surface area contributed by atoms with E-state index in [2.05, 4.69) is 98.9 Å². The third kappa shape index (κ3) is 53.6. The Labute approximate surface area is 403 Å². The van der Waals surface area contributed by atoms with E-state index in [9.17, 15) is 14.7 Å². The average Bonchev–Trinajstić information content (AvgIpc) is 3.31. The number of allylic oxidation sites excluding steroid dienone is 14. The van der Waals surface area contributed by atoms with Gasteiger partial charge in [0.1, 0.15) is 6.61 Å². The molecule has 1 N–H and O–H groups in total. The quantitative estimate of drug-likeness (QED) is 0.0374. The Bertz CT molecular complexity index is 1210. The van der Waals surface area contributed by atoms with Gasteiger partial charge in [0.25, 0.3) is 0 Å². The van der Waals surface area contributed by atoms with E-state index in [4.69, 9.17) is 9.47 Å². The van der Waals surface area contributed by atoms with Crippen LogP contribution in [0.15, 0.2) is 85.1 Å². The lowest BCUT2D eigenvalue weighted by molar-refractivity contribution is -0.161. The minimum absolute atomic E-state index is 0.0693. The molecular formula is C60H104O5. The number of esters is 2. The van der Waals surface area contributed by atoms with Crippen LogP contribution in [0.2, 0.25) is 0 Å². The maximum absolute atomic E-state index is 12.3. The van der Waals surface area contributed by atoms with Crippen LogP contribution in [0, 0.1) is 0 Å². The maximum Gasteiger partial charge on any atom is 0.306 e. The first kappa shape index (κ1) is 62.1. The van der Waals surface area contributed by atoms with Crippen LogP contribution in [-0.2, 0) is 19.1 Å². The molecule has 0 aliphatic rings. The molecule has 0 aliphatic heterocycles. The Balaban J connectivity index is 3.43. The van der Waals surface area contributed by atoms with E-state index in [1.807, 2.05) is 0 Å². The first-order chi connectivity index (χ1) is 32.1. The largest absolute Gasteiger partial charge is 0.462 e. The molecule has 0 bridgehead atoms. The Morgan fingerprint density at radius 2 is 0.662 bits per heavy atom. The number of carbonyl (C=O) groups is 2. The number of ether oxygens (including phenoxy) is 2.